The van der Waals surface area contributed by atoms with E-state index in [9.17, 15) is 4.39 Å². The van der Waals surface area contributed by atoms with Crippen molar-refractivity contribution in [2.45, 2.75) is 6.54 Å². The molecule has 4 rings (SSSR count). The zero-order chi connectivity index (χ0) is 16.5. The molecule has 124 valence electrons. The highest BCUT2D eigenvalue weighted by molar-refractivity contribution is 6.31. The third kappa shape index (κ3) is 2.67. The number of halogens is 2. The molecule has 9 heteroatoms. The summed E-state index contributed by atoms with van der Waals surface area (Å²) in [5, 5.41) is 8.44. The Labute approximate surface area is 142 Å². The van der Waals surface area contributed by atoms with E-state index in [1.807, 2.05) is 0 Å². The lowest BCUT2D eigenvalue weighted by Crippen LogP contribution is -2.36. The van der Waals surface area contributed by atoms with Crippen LogP contribution < -0.4 is 4.90 Å². The van der Waals surface area contributed by atoms with Gasteiger partial charge in [-0.15, -0.1) is 5.10 Å². The summed E-state index contributed by atoms with van der Waals surface area (Å²) >= 11 is 6.02. The summed E-state index contributed by atoms with van der Waals surface area (Å²) in [6.07, 6.45) is 1.49. The summed E-state index contributed by atoms with van der Waals surface area (Å²) in [6, 6.07) is 4.69. The number of benzene rings is 1. The van der Waals surface area contributed by atoms with Gasteiger partial charge in [-0.1, -0.05) is 28.9 Å². The quantitative estimate of drug-likeness (QED) is 0.720. The number of morpholine rings is 1. The van der Waals surface area contributed by atoms with Gasteiger partial charge in [-0.2, -0.15) is 0 Å². The van der Waals surface area contributed by atoms with E-state index in [0.29, 0.717) is 29.9 Å². The smallest absolute Gasteiger partial charge is 0.184 e. The fourth-order valence-corrected chi connectivity index (χ4v) is 2.91. The van der Waals surface area contributed by atoms with Crippen LogP contribution in [0.3, 0.4) is 0 Å². The van der Waals surface area contributed by atoms with E-state index in [0.717, 1.165) is 18.9 Å². The van der Waals surface area contributed by atoms with Crippen LogP contribution in [0.1, 0.15) is 5.56 Å². The maximum atomic E-state index is 13.6. The highest BCUT2D eigenvalue weighted by Gasteiger charge is 2.19. The molecule has 0 aliphatic carbocycles. The van der Waals surface area contributed by atoms with Gasteiger partial charge in [0, 0.05) is 13.1 Å². The Bertz CT molecular complexity index is 880. The van der Waals surface area contributed by atoms with Gasteiger partial charge in [-0.3, -0.25) is 0 Å². The Morgan fingerprint density at radius 1 is 1.21 bits per heavy atom. The maximum absolute atomic E-state index is 13.6. The summed E-state index contributed by atoms with van der Waals surface area (Å²) in [7, 11) is 0. The Kier molecular flexibility index (Phi) is 3.99. The van der Waals surface area contributed by atoms with Crippen LogP contribution in [0.15, 0.2) is 24.5 Å². The molecule has 1 saturated heterocycles. The minimum atomic E-state index is -0.456. The summed E-state index contributed by atoms with van der Waals surface area (Å²) in [5.41, 5.74) is 1.83. The van der Waals surface area contributed by atoms with Gasteiger partial charge in [0.25, 0.3) is 0 Å². The number of hydrogen-bond acceptors (Lipinski definition) is 6. The molecule has 0 amide bonds. The largest absolute Gasteiger partial charge is 0.378 e. The topological polar surface area (TPSA) is 69.0 Å². The standard InChI is InChI=1S/C15H14ClFN6O/c16-12-10(2-1-3-11(12)17)8-23-15-13(20-21-23)14(18-9-19-15)22-4-6-24-7-5-22/h1-3,9H,4-8H2. The monoisotopic (exact) mass is 348 g/mol. The van der Waals surface area contributed by atoms with Crippen LogP contribution in [0.5, 0.6) is 0 Å². The highest BCUT2D eigenvalue weighted by atomic mass is 35.5. The molecule has 2 aromatic heterocycles. The van der Waals surface area contributed by atoms with Gasteiger partial charge in [0.15, 0.2) is 17.0 Å². The molecule has 24 heavy (non-hydrogen) atoms. The van der Waals surface area contributed by atoms with Crippen molar-refractivity contribution in [1.82, 2.24) is 25.0 Å². The van der Waals surface area contributed by atoms with Crippen molar-refractivity contribution in [3.8, 4) is 0 Å². The molecule has 0 atom stereocenters. The second kappa shape index (κ2) is 6.29. The van der Waals surface area contributed by atoms with Crippen LogP contribution >= 0.6 is 11.6 Å². The first-order chi connectivity index (χ1) is 11.7. The van der Waals surface area contributed by atoms with E-state index in [4.69, 9.17) is 16.3 Å². The third-order valence-corrected chi connectivity index (χ3v) is 4.37. The Morgan fingerprint density at radius 2 is 2.04 bits per heavy atom. The Balaban J connectivity index is 1.71. The van der Waals surface area contributed by atoms with Crippen LogP contribution in [0.4, 0.5) is 10.2 Å². The molecule has 3 heterocycles. The van der Waals surface area contributed by atoms with Gasteiger partial charge in [-0.05, 0) is 11.6 Å². The minimum Gasteiger partial charge on any atom is -0.378 e. The van der Waals surface area contributed by atoms with Crippen LogP contribution in [-0.2, 0) is 11.3 Å². The van der Waals surface area contributed by atoms with Crippen molar-refractivity contribution in [2.24, 2.45) is 0 Å². The highest BCUT2D eigenvalue weighted by Crippen LogP contribution is 2.24. The van der Waals surface area contributed by atoms with E-state index in [1.54, 1.807) is 16.8 Å². The van der Waals surface area contributed by atoms with Gasteiger partial charge in [0.05, 0.1) is 24.8 Å². The lowest BCUT2D eigenvalue weighted by Gasteiger charge is -2.27. The van der Waals surface area contributed by atoms with Gasteiger partial charge in [0.1, 0.15) is 12.1 Å². The molecule has 0 bridgehead atoms. The molecule has 1 aromatic carbocycles. The van der Waals surface area contributed by atoms with Crippen LogP contribution in [0, 0.1) is 5.82 Å². The van der Waals surface area contributed by atoms with Crippen LogP contribution in [-0.4, -0.2) is 51.3 Å². The van der Waals surface area contributed by atoms with Crippen molar-refractivity contribution in [3.05, 3.63) is 40.9 Å². The van der Waals surface area contributed by atoms with E-state index in [2.05, 4.69) is 25.2 Å². The Hall–Kier alpha value is -2.32. The third-order valence-electron chi connectivity index (χ3n) is 3.94. The normalized spacial score (nSPS) is 15.2. The maximum Gasteiger partial charge on any atom is 0.184 e. The Morgan fingerprint density at radius 3 is 2.88 bits per heavy atom. The SMILES string of the molecule is Fc1cccc(Cn2nnc3c(N4CCOCC4)ncnc32)c1Cl. The number of rotatable bonds is 3. The number of ether oxygens (including phenoxy) is 1. The summed E-state index contributed by atoms with van der Waals surface area (Å²) in [5.74, 6) is 0.280. The van der Waals surface area contributed by atoms with Gasteiger partial charge in [0.2, 0.25) is 0 Å². The van der Waals surface area contributed by atoms with Gasteiger partial charge in [-0.25, -0.2) is 19.0 Å². The fraction of sp³-hybridized carbons (Fsp3) is 0.333. The molecule has 0 N–H and O–H groups in total. The first-order valence-corrected chi connectivity index (χ1v) is 7.91. The first-order valence-electron chi connectivity index (χ1n) is 7.54. The van der Waals surface area contributed by atoms with Crippen molar-refractivity contribution < 1.29 is 9.13 Å². The van der Waals surface area contributed by atoms with Crippen molar-refractivity contribution >= 4 is 28.6 Å². The summed E-state index contributed by atoms with van der Waals surface area (Å²) in [6.45, 7) is 3.08. The molecule has 1 fully saturated rings. The fourth-order valence-electron chi connectivity index (χ4n) is 2.72. The predicted molar refractivity (Wildman–Crippen MR) is 86.7 cm³/mol. The molecule has 7 nitrogen and oxygen atoms in total. The van der Waals surface area contributed by atoms with Crippen LogP contribution in [0.2, 0.25) is 5.02 Å². The van der Waals surface area contributed by atoms with Crippen LogP contribution in [0.25, 0.3) is 11.2 Å². The first kappa shape index (κ1) is 15.2. The average molecular weight is 349 g/mol. The average Bonchev–Trinajstić information content (AvgIpc) is 3.03. The van der Waals surface area contributed by atoms with E-state index >= 15 is 0 Å². The summed E-state index contributed by atoms with van der Waals surface area (Å²) < 4.78 is 20.6. The second-order valence-electron chi connectivity index (χ2n) is 5.43. The number of nitrogens with zero attached hydrogens (tertiary/aromatic N) is 6. The zero-order valence-electron chi connectivity index (χ0n) is 12.7. The van der Waals surface area contributed by atoms with Gasteiger partial charge < -0.3 is 9.64 Å². The molecule has 0 radical (unpaired) electrons. The zero-order valence-corrected chi connectivity index (χ0v) is 13.4. The van der Waals surface area contributed by atoms with Crippen molar-refractivity contribution in [1.29, 1.82) is 0 Å². The van der Waals surface area contributed by atoms with Gasteiger partial charge >= 0.3 is 0 Å². The lowest BCUT2D eigenvalue weighted by atomic mass is 10.2. The molecular formula is C15H14ClFN6O. The molecular weight excluding hydrogens is 335 g/mol. The van der Waals surface area contributed by atoms with E-state index < -0.39 is 5.82 Å². The molecule has 0 unspecified atom stereocenters. The number of fused-ring (bicyclic) bond motifs is 1. The number of hydrogen-bond donors (Lipinski definition) is 0. The van der Waals surface area contributed by atoms with Crippen molar-refractivity contribution in [3.63, 3.8) is 0 Å². The molecule has 1 aliphatic rings. The summed E-state index contributed by atoms with van der Waals surface area (Å²) in [4.78, 5) is 10.7. The number of anilines is 1. The molecule has 0 spiro atoms. The van der Waals surface area contributed by atoms with Crippen molar-refractivity contribution in [2.75, 3.05) is 31.2 Å². The molecule has 3 aromatic rings. The molecule has 0 saturated carbocycles. The minimum absolute atomic E-state index is 0.0867. The predicted octanol–water partition coefficient (Wildman–Crippen LogP) is 1.90. The second-order valence-corrected chi connectivity index (χ2v) is 5.81. The van der Waals surface area contributed by atoms with E-state index in [-0.39, 0.29) is 11.6 Å². The number of aromatic nitrogens is 5. The lowest BCUT2D eigenvalue weighted by molar-refractivity contribution is 0.122. The van der Waals surface area contributed by atoms with E-state index in [1.165, 1.54) is 12.4 Å². The molecule has 1 aliphatic heterocycles.